The number of aryl methyl sites for hydroxylation is 1. The molecule has 2 atom stereocenters. The summed E-state index contributed by atoms with van der Waals surface area (Å²) < 4.78 is 28.8. The molecule has 4 rings (SSSR count). The molecule has 194 valence electrons. The van der Waals surface area contributed by atoms with E-state index >= 15 is 0 Å². The van der Waals surface area contributed by atoms with Gasteiger partial charge in [-0.25, -0.2) is 13.1 Å². The van der Waals surface area contributed by atoms with E-state index in [9.17, 15) is 18.3 Å². The van der Waals surface area contributed by atoms with Gasteiger partial charge in [-0.3, -0.25) is 4.79 Å². The molecule has 2 N–H and O–H groups in total. The lowest BCUT2D eigenvalue weighted by molar-refractivity contribution is -0.119. The first-order valence-corrected chi connectivity index (χ1v) is 14.3. The third-order valence-electron chi connectivity index (χ3n) is 6.65. The van der Waals surface area contributed by atoms with Crippen LogP contribution in [0.25, 0.3) is 0 Å². The molecular formula is C29H38N2O4S. The highest BCUT2D eigenvalue weighted by Crippen LogP contribution is 2.32. The lowest BCUT2D eigenvalue weighted by atomic mass is 9.89. The minimum absolute atomic E-state index is 0.0732. The summed E-state index contributed by atoms with van der Waals surface area (Å²) in [6.07, 6.45) is 7.15. The van der Waals surface area contributed by atoms with Crippen molar-refractivity contribution in [1.82, 2.24) is 9.29 Å². The van der Waals surface area contributed by atoms with Crippen molar-refractivity contribution in [2.24, 2.45) is 11.8 Å². The maximum Gasteiger partial charge on any atom is 0.264 e. The van der Waals surface area contributed by atoms with E-state index in [0.29, 0.717) is 18.9 Å². The molecule has 1 aliphatic carbocycles. The van der Waals surface area contributed by atoms with Gasteiger partial charge in [-0.15, -0.1) is 0 Å². The Labute approximate surface area is 215 Å². The Bertz CT molecular complexity index is 1190. The molecule has 0 saturated carbocycles. The van der Waals surface area contributed by atoms with E-state index in [1.165, 1.54) is 23.3 Å². The summed E-state index contributed by atoms with van der Waals surface area (Å²) in [6, 6.07) is 18.4. The van der Waals surface area contributed by atoms with Crippen LogP contribution in [0.3, 0.4) is 0 Å². The zero-order chi connectivity index (χ0) is 26.1. The molecule has 2 aromatic carbocycles. The second-order valence-corrected chi connectivity index (χ2v) is 11.0. The van der Waals surface area contributed by atoms with E-state index in [1.54, 1.807) is 18.2 Å². The first-order chi connectivity index (χ1) is 17.3. The summed E-state index contributed by atoms with van der Waals surface area (Å²) in [7, 11) is -3.85. The van der Waals surface area contributed by atoms with Crippen LogP contribution < -0.4 is 4.72 Å². The number of carbonyl (C=O) groups excluding carboxylic acids is 1. The topological polar surface area (TPSA) is 88.4 Å². The van der Waals surface area contributed by atoms with Crippen LogP contribution in [0.4, 0.5) is 0 Å². The first-order valence-electron chi connectivity index (χ1n) is 12.8. The number of rotatable bonds is 10. The van der Waals surface area contributed by atoms with E-state index in [0.717, 1.165) is 24.8 Å². The number of amides is 1. The molecule has 7 heteroatoms. The van der Waals surface area contributed by atoms with Gasteiger partial charge in [-0.2, -0.15) is 0 Å². The van der Waals surface area contributed by atoms with E-state index in [2.05, 4.69) is 33.6 Å². The quantitative estimate of drug-likeness (QED) is 0.412. The fraction of sp³-hybridized carbons (Fsp3) is 0.414. The van der Waals surface area contributed by atoms with Crippen LogP contribution in [0, 0.1) is 11.8 Å². The van der Waals surface area contributed by atoms with Gasteiger partial charge in [0.25, 0.3) is 10.0 Å². The fourth-order valence-corrected chi connectivity index (χ4v) is 5.84. The van der Waals surface area contributed by atoms with Crippen LogP contribution in [-0.2, 0) is 40.6 Å². The van der Waals surface area contributed by atoms with Crippen molar-refractivity contribution in [3.63, 3.8) is 0 Å². The van der Waals surface area contributed by atoms with Gasteiger partial charge in [-0.05, 0) is 73.4 Å². The summed E-state index contributed by atoms with van der Waals surface area (Å²) in [5, 5.41) is 10.4. The molecule has 0 fully saturated rings. The molecule has 36 heavy (non-hydrogen) atoms. The van der Waals surface area contributed by atoms with Gasteiger partial charge in [0.15, 0.2) is 0 Å². The number of aliphatic hydroxyl groups is 1. The number of hydrogen-bond donors (Lipinski definition) is 2. The van der Waals surface area contributed by atoms with Crippen LogP contribution in [0.5, 0.6) is 0 Å². The normalized spacial score (nSPS) is 14.9. The molecule has 1 amide bonds. The molecule has 0 bridgehead atoms. The Morgan fingerprint density at radius 2 is 1.64 bits per heavy atom. The lowest BCUT2D eigenvalue weighted by Gasteiger charge is -2.24. The molecule has 0 saturated heterocycles. The van der Waals surface area contributed by atoms with Crippen LogP contribution in [-0.4, -0.2) is 30.1 Å². The molecule has 1 aliphatic rings. The molecule has 0 aliphatic heterocycles. The smallest absolute Gasteiger partial charge is 0.264 e. The summed E-state index contributed by atoms with van der Waals surface area (Å²) in [6.45, 7) is 6.56. The maximum absolute atomic E-state index is 12.3. The standard InChI is InChI=1S/C27H32N2O4S.C2H6/c1-20(30)25(17-22-15-23-7-5-6-8-24(23)16-22)19-29-14-13-21(18-29)11-12-27(31)28-34(32,33)26-9-3-2-4-10-26;1-2/h2-10,13-14,18,20,22,25,30H,11-12,15-17,19H2,1H3,(H,28,31);1-2H3/t20-,25+;/m1./s1. The molecule has 6 nitrogen and oxygen atoms in total. The van der Waals surface area contributed by atoms with Crippen molar-refractivity contribution in [2.75, 3.05) is 0 Å². The van der Waals surface area contributed by atoms with Crippen molar-refractivity contribution in [3.8, 4) is 0 Å². The van der Waals surface area contributed by atoms with E-state index in [1.807, 2.05) is 39.2 Å². The highest BCUT2D eigenvalue weighted by molar-refractivity contribution is 7.90. The number of nitrogens with zero attached hydrogens (tertiary/aromatic N) is 1. The monoisotopic (exact) mass is 510 g/mol. The molecule has 3 aromatic rings. The van der Waals surface area contributed by atoms with E-state index in [4.69, 9.17) is 0 Å². The molecule has 1 aromatic heterocycles. The minimum atomic E-state index is -3.85. The second-order valence-electron chi connectivity index (χ2n) is 9.34. The van der Waals surface area contributed by atoms with Gasteiger partial charge in [0, 0.05) is 31.3 Å². The lowest BCUT2D eigenvalue weighted by Crippen LogP contribution is -2.30. The van der Waals surface area contributed by atoms with Gasteiger partial charge in [0.2, 0.25) is 5.91 Å². The predicted molar refractivity (Wildman–Crippen MR) is 143 cm³/mol. The van der Waals surface area contributed by atoms with Gasteiger partial charge in [0.05, 0.1) is 11.0 Å². The third-order valence-corrected chi connectivity index (χ3v) is 8.04. The number of benzene rings is 2. The molecule has 0 unspecified atom stereocenters. The summed E-state index contributed by atoms with van der Waals surface area (Å²) in [5.74, 6) is 0.153. The number of nitrogens with one attached hydrogen (secondary N) is 1. The number of carbonyl (C=O) groups is 1. The Hall–Kier alpha value is -2.90. The van der Waals surface area contributed by atoms with Gasteiger partial charge >= 0.3 is 0 Å². The Balaban J connectivity index is 0.00000176. The Morgan fingerprint density at radius 3 is 2.25 bits per heavy atom. The second kappa shape index (κ2) is 12.9. The summed E-state index contributed by atoms with van der Waals surface area (Å²) >= 11 is 0. The van der Waals surface area contributed by atoms with Crippen molar-refractivity contribution in [3.05, 3.63) is 89.7 Å². The summed E-state index contributed by atoms with van der Waals surface area (Å²) in [5.41, 5.74) is 3.81. The molecule has 0 spiro atoms. The third kappa shape index (κ3) is 7.55. The highest BCUT2D eigenvalue weighted by atomic mass is 32.2. The number of sulfonamides is 1. The minimum Gasteiger partial charge on any atom is -0.393 e. The number of aliphatic hydroxyl groups excluding tert-OH is 1. The predicted octanol–water partition coefficient (Wildman–Crippen LogP) is 4.75. The number of fused-ring (bicyclic) bond motifs is 1. The maximum atomic E-state index is 12.3. The van der Waals surface area contributed by atoms with E-state index in [-0.39, 0.29) is 17.2 Å². The highest BCUT2D eigenvalue weighted by Gasteiger charge is 2.26. The molecule has 1 heterocycles. The molecular weight excluding hydrogens is 472 g/mol. The average Bonchev–Trinajstić information content (AvgIpc) is 3.50. The van der Waals surface area contributed by atoms with Crippen molar-refractivity contribution < 1.29 is 18.3 Å². The van der Waals surface area contributed by atoms with Crippen LogP contribution in [0.1, 0.15) is 50.3 Å². The van der Waals surface area contributed by atoms with Crippen LogP contribution >= 0.6 is 0 Å². The fourth-order valence-electron chi connectivity index (χ4n) is 4.81. The number of aromatic nitrogens is 1. The Kier molecular flexibility index (Phi) is 9.90. The SMILES string of the molecule is CC.C[C@@H](O)[C@@H](CC1Cc2ccccc2C1)Cn1ccc(CCC(=O)NS(=O)(=O)c2ccccc2)c1. The van der Waals surface area contributed by atoms with Crippen molar-refractivity contribution in [2.45, 2.75) is 70.4 Å². The van der Waals surface area contributed by atoms with Crippen LogP contribution in [0.2, 0.25) is 0 Å². The first kappa shape index (κ1) is 27.7. The van der Waals surface area contributed by atoms with Crippen molar-refractivity contribution in [1.29, 1.82) is 0 Å². The average molecular weight is 511 g/mol. The van der Waals surface area contributed by atoms with Crippen LogP contribution in [0.15, 0.2) is 78.0 Å². The summed E-state index contributed by atoms with van der Waals surface area (Å²) in [4.78, 5) is 12.3. The zero-order valence-corrected chi connectivity index (χ0v) is 22.2. The van der Waals surface area contributed by atoms with Gasteiger partial charge in [0.1, 0.15) is 0 Å². The Morgan fingerprint density at radius 1 is 1.03 bits per heavy atom. The largest absolute Gasteiger partial charge is 0.393 e. The van der Waals surface area contributed by atoms with Gasteiger partial charge < -0.3 is 9.67 Å². The van der Waals surface area contributed by atoms with E-state index < -0.39 is 22.0 Å². The zero-order valence-electron chi connectivity index (χ0n) is 21.4. The van der Waals surface area contributed by atoms with Crippen molar-refractivity contribution >= 4 is 15.9 Å². The van der Waals surface area contributed by atoms with Gasteiger partial charge in [-0.1, -0.05) is 56.3 Å². The number of hydrogen-bond acceptors (Lipinski definition) is 4. The molecule has 0 radical (unpaired) electrons.